The van der Waals surface area contributed by atoms with Crippen molar-refractivity contribution in [1.29, 1.82) is 0 Å². The molecule has 1 atom stereocenters. The predicted octanol–water partition coefficient (Wildman–Crippen LogP) is 4.63. The van der Waals surface area contributed by atoms with Crippen LogP contribution < -0.4 is 5.32 Å². The lowest BCUT2D eigenvalue weighted by Crippen LogP contribution is -2.41. The molecule has 0 aliphatic heterocycles. The number of aliphatic hydroxyl groups is 1. The number of aliphatic hydroxyl groups excluding tert-OH is 1. The zero-order valence-electron chi connectivity index (χ0n) is 16.1. The number of non-ortho nitro benzene ring substituents is 1. The number of amides is 1. The van der Waals surface area contributed by atoms with Gasteiger partial charge in [-0.3, -0.25) is 10.1 Å². The highest BCUT2D eigenvalue weighted by molar-refractivity contribution is 5.69. The number of ether oxygens (including phenoxy) is 1. The van der Waals surface area contributed by atoms with Gasteiger partial charge in [-0.2, -0.15) is 0 Å². The monoisotopic (exact) mass is 384 g/mol. The van der Waals surface area contributed by atoms with Crippen molar-refractivity contribution in [2.75, 3.05) is 0 Å². The van der Waals surface area contributed by atoms with Gasteiger partial charge in [-0.15, -0.1) is 0 Å². The molecule has 2 aromatic carbocycles. The van der Waals surface area contributed by atoms with Crippen LogP contribution in [0, 0.1) is 10.1 Å². The number of benzene rings is 2. The first-order chi connectivity index (χ1) is 13.1. The SMILES string of the molecule is CC(C)(C)OC(=O)N[C@@H](Cc1ccccc1)/C(O)=C/c1ccc([N+](=O)[O-])cc1. The molecule has 0 unspecified atom stereocenters. The number of hydrogen-bond acceptors (Lipinski definition) is 5. The topological polar surface area (TPSA) is 102 Å². The maximum absolute atomic E-state index is 12.2. The zero-order valence-corrected chi connectivity index (χ0v) is 16.1. The average molecular weight is 384 g/mol. The second kappa shape index (κ2) is 9.03. The second-order valence-corrected chi connectivity index (χ2v) is 7.31. The van der Waals surface area contributed by atoms with E-state index in [1.54, 1.807) is 20.8 Å². The summed E-state index contributed by atoms with van der Waals surface area (Å²) in [5.74, 6) is -0.0800. The van der Waals surface area contributed by atoms with E-state index in [0.717, 1.165) is 5.56 Å². The molecule has 1 amide bonds. The summed E-state index contributed by atoms with van der Waals surface area (Å²) in [6, 6.07) is 14.5. The molecular weight excluding hydrogens is 360 g/mol. The normalized spacial score (nSPS) is 12.9. The van der Waals surface area contributed by atoms with E-state index in [4.69, 9.17) is 4.74 Å². The van der Waals surface area contributed by atoms with Gasteiger partial charge in [-0.25, -0.2) is 4.79 Å². The van der Waals surface area contributed by atoms with Crippen molar-refractivity contribution < 1.29 is 19.6 Å². The molecule has 0 radical (unpaired) electrons. The molecule has 0 aliphatic carbocycles. The third-order valence-electron chi connectivity index (χ3n) is 3.75. The highest BCUT2D eigenvalue weighted by Gasteiger charge is 2.22. The third kappa shape index (κ3) is 6.75. The summed E-state index contributed by atoms with van der Waals surface area (Å²) in [5, 5.41) is 24.1. The number of nitro groups is 1. The Bertz CT molecular complexity index is 839. The summed E-state index contributed by atoms with van der Waals surface area (Å²) in [6.07, 6.45) is 1.18. The Balaban J connectivity index is 2.22. The van der Waals surface area contributed by atoms with Crippen LogP contribution in [0.3, 0.4) is 0 Å². The van der Waals surface area contributed by atoms with Crippen LogP contribution in [0.2, 0.25) is 0 Å². The fourth-order valence-electron chi connectivity index (χ4n) is 2.49. The Morgan fingerprint density at radius 2 is 1.79 bits per heavy atom. The number of alkyl carbamates (subject to hydrolysis) is 1. The fourth-order valence-corrected chi connectivity index (χ4v) is 2.49. The molecule has 0 saturated heterocycles. The molecule has 2 N–H and O–H groups in total. The number of nitrogens with one attached hydrogen (secondary N) is 1. The van der Waals surface area contributed by atoms with E-state index in [1.807, 2.05) is 30.3 Å². The van der Waals surface area contributed by atoms with E-state index in [1.165, 1.54) is 30.3 Å². The van der Waals surface area contributed by atoms with Gasteiger partial charge in [0, 0.05) is 18.6 Å². The minimum Gasteiger partial charge on any atom is -0.510 e. The Labute approximate surface area is 163 Å². The largest absolute Gasteiger partial charge is 0.510 e. The molecule has 7 heteroatoms. The Hall–Kier alpha value is -3.35. The van der Waals surface area contributed by atoms with E-state index in [0.29, 0.717) is 12.0 Å². The van der Waals surface area contributed by atoms with Crippen molar-refractivity contribution in [1.82, 2.24) is 5.32 Å². The van der Waals surface area contributed by atoms with Crippen LogP contribution in [-0.4, -0.2) is 27.8 Å². The predicted molar refractivity (Wildman–Crippen MR) is 107 cm³/mol. The summed E-state index contributed by atoms with van der Waals surface area (Å²) in [7, 11) is 0. The van der Waals surface area contributed by atoms with Crippen molar-refractivity contribution in [2.45, 2.75) is 38.8 Å². The van der Waals surface area contributed by atoms with Crippen molar-refractivity contribution in [3.63, 3.8) is 0 Å². The van der Waals surface area contributed by atoms with Gasteiger partial charge in [0.2, 0.25) is 0 Å². The fraction of sp³-hybridized carbons (Fsp3) is 0.286. The summed E-state index contributed by atoms with van der Waals surface area (Å²) in [5.41, 5.74) is 0.794. The lowest BCUT2D eigenvalue weighted by molar-refractivity contribution is -0.384. The van der Waals surface area contributed by atoms with Crippen LogP contribution in [0.5, 0.6) is 0 Å². The number of carbonyl (C=O) groups excluding carboxylic acids is 1. The zero-order chi connectivity index (χ0) is 20.7. The molecule has 0 fully saturated rings. The molecule has 148 valence electrons. The quantitative estimate of drug-likeness (QED) is 0.429. The molecule has 0 heterocycles. The Kier molecular flexibility index (Phi) is 6.76. The summed E-state index contributed by atoms with van der Waals surface area (Å²) in [6.45, 7) is 5.27. The molecule has 2 rings (SSSR count). The minimum absolute atomic E-state index is 0.0376. The molecule has 28 heavy (non-hydrogen) atoms. The van der Waals surface area contributed by atoms with Crippen molar-refractivity contribution in [2.24, 2.45) is 0 Å². The molecule has 0 aliphatic rings. The Morgan fingerprint density at radius 1 is 1.18 bits per heavy atom. The van der Waals surface area contributed by atoms with Gasteiger partial charge < -0.3 is 15.2 Å². The van der Waals surface area contributed by atoms with Gasteiger partial charge in [-0.1, -0.05) is 30.3 Å². The van der Waals surface area contributed by atoms with Gasteiger partial charge in [0.25, 0.3) is 5.69 Å². The summed E-state index contributed by atoms with van der Waals surface area (Å²) in [4.78, 5) is 22.5. The highest BCUT2D eigenvalue weighted by Crippen LogP contribution is 2.17. The van der Waals surface area contributed by atoms with E-state index in [-0.39, 0.29) is 11.4 Å². The van der Waals surface area contributed by atoms with Crippen LogP contribution in [0.1, 0.15) is 31.9 Å². The maximum atomic E-state index is 12.2. The summed E-state index contributed by atoms with van der Waals surface area (Å²) >= 11 is 0. The minimum atomic E-state index is -0.715. The molecular formula is C21H24N2O5. The molecule has 0 aromatic heterocycles. The molecule has 7 nitrogen and oxygen atoms in total. The van der Waals surface area contributed by atoms with Crippen LogP contribution in [0.25, 0.3) is 6.08 Å². The van der Waals surface area contributed by atoms with E-state index in [2.05, 4.69) is 5.32 Å². The highest BCUT2D eigenvalue weighted by atomic mass is 16.6. The number of rotatable bonds is 6. The van der Waals surface area contributed by atoms with Crippen LogP contribution in [0.15, 0.2) is 60.4 Å². The first kappa shape index (κ1) is 21.0. The molecule has 0 spiro atoms. The van der Waals surface area contributed by atoms with Crippen LogP contribution in [-0.2, 0) is 11.2 Å². The van der Waals surface area contributed by atoms with Crippen molar-refractivity contribution in [3.8, 4) is 0 Å². The number of hydrogen-bond donors (Lipinski definition) is 2. The Morgan fingerprint density at radius 3 is 2.32 bits per heavy atom. The molecule has 2 aromatic rings. The maximum Gasteiger partial charge on any atom is 0.408 e. The number of nitrogens with zero attached hydrogens (tertiary/aromatic N) is 1. The standard InChI is InChI=1S/C21H24N2O5/c1-21(2,3)28-20(25)22-18(13-15-7-5-4-6-8-15)19(24)14-16-9-11-17(12-10-16)23(26)27/h4-12,14,18,24H,13H2,1-3H3,(H,22,25)/b19-14-/t18-/m0/s1. The smallest absolute Gasteiger partial charge is 0.408 e. The second-order valence-electron chi connectivity index (χ2n) is 7.31. The molecule has 0 bridgehead atoms. The van der Waals surface area contributed by atoms with E-state index < -0.39 is 22.7 Å². The number of carbonyl (C=O) groups is 1. The van der Waals surface area contributed by atoms with E-state index >= 15 is 0 Å². The average Bonchev–Trinajstić information content (AvgIpc) is 2.61. The van der Waals surface area contributed by atoms with Gasteiger partial charge in [0.1, 0.15) is 11.4 Å². The number of nitro benzene ring substituents is 1. The first-order valence-electron chi connectivity index (χ1n) is 8.82. The lowest BCUT2D eigenvalue weighted by Gasteiger charge is -2.23. The summed E-state index contributed by atoms with van der Waals surface area (Å²) < 4.78 is 5.29. The van der Waals surface area contributed by atoms with E-state index in [9.17, 15) is 20.0 Å². The van der Waals surface area contributed by atoms with Crippen LogP contribution in [0.4, 0.5) is 10.5 Å². The van der Waals surface area contributed by atoms with Crippen LogP contribution >= 0.6 is 0 Å². The van der Waals surface area contributed by atoms with Gasteiger partial charge >= 0.3 is 6.09 Å². The molecule has 0 saturated carbocycles. The lowest BCUT2D eigenvalue weighted by atomic mass is 10.0. The van der Waals surface area contributed by atoms with Gasteiger partial charge in [0.05, 0.1) is 11.0 Å². The third-order valence-corrected chi connectivity index (χ3v) is 3.75. The van der Waals surface area contributed by atoms with Gasteiger partial charge in [0.15, 0.2) is 0 Å². The first-order valence-corrected chi connectivity index (χ1v) is 8.82. The van der Waals surface area contributed by atoms with Gasteiger partial charge in [-0.05, 0) is 50.1 Å². The van der Waals surface area contributed by atoms with Crippen molar-refractivity contribution in [3.05, 3.63) is 81.6 Å². The van der Waals surface area contributed by atoms with Crippen molar-refractivity contribution >= 4 is 17.9 Å².